The fourth-order valence-electron chi connectivity index (χ4n) is 1.66. The number of carboxylic acids is 1. The molecule has 0 saturated heterocycles. The zero-order valence-corrected chi connectivity index (χ0v) is 13.3. The average molecular weight is 362 g/mol. The van der Waals surface area contributed by atoms with Gasteiger partial charge in [-0.15, -0.1) is 0 Å². The highest BCUT2D eigenvalue weighted by molar-refractivity contribution is 9.10. The quantitative estimate of drug-likeness (QED) is 0.782. The van der Waals surface area contributed by atoms with Gasteiger partial charge in [-0.1, -0.05) is 13.8 Å². The van der Waals surface area contributed by atoms with E-state index in [2.05, 4.69) is 21.2 Å². The van der Waals surface area contributed by atoms with Crippen LogP contribution in [-0.4, -0.2) is 29.6 Å². The lowest BCUT2D eigenvalue weighted by Crippen LogP contribution is -2.43. The normalized spacial score (nSPS) is 12.0. The van der Waals surface area contributed by atoms with Crippen molar-refractivity contribution in [1.82, 2.24) is 5.32 Å². The van der Waals surface area contributed by atoms with Crippen LogP contribution in [0.15, 0.2) is 22.7 Å². The smallest absolute Gasteiger partial charge is 0.326 e. The summed E-state index contributed by atoms with van der Waals surface area (Å²) in [5, 5.41) is 11.4. The molecule has 0 radical (unpaired) electrons. The first-order valence-electron chi connectivity index (χ1n) is 6.39. The summed E-state index contributed by atoms with van der Waals surface area (Å²) in [4.78, 5) is 22.7. The zero-order chi connectivity index (χ0) is 16.0. The van der Waals surface area contributed by atoms with Crippen LogP contribution in [-0.2, 0) is 9.59 Å². The zero-order valence-electron chi connectivity index (χ0n) is 11.7. The third-order valence-electron chi connectivity index (χ3n) is 2.59. The first-order valence-corrected chi connectivity index (χ1v) is 7.19. The number of amides is 1. The Morgan fingerprint density at radius 2 is 2.10 bits per heavy atom. The van der Waals surface area contributed by atoms with Crippen molar-refractivity contribution in [2.45, 2.75) is 26.3 Å². The highest BCUT2D eigenvalue weighted by atomic mass is 79.9. The van der Waals surface area contributed by atoms with Crippen molar-refractivity contribution >= 4 is 27.8 Å². The third-order valence-corrected chi connectivity index (χ3v) is 3.21. The molecule has 0 spiro atoms. The van der Waals surface area contributed by atoms with E-state index in [1.54, 1.807) is 0 Å². The number of carbonyl (C=O) groups is 2. The molecular weight excluding hydrogens is 345 g/mol. The molecule has 5 nitrogen and oxygen atoms in total. The molecule has 0 aliphatic carbocycles. The standard InChI is InChI=1S/C14H17BrFNO4/c1-8(2)5-11(14(19)20)17-13(18)7-21-12-4-3-9(16)6-10(12)15/h3-4,6,8,11H,5,7H2,1-2H3,(H,17,18)(H,19,20). The monoisotopic (exact) mass is 361 g/mol. The highest BCUT2D eigenvalue weighted by Gasteiger charge is 2.21. The molecule has 0 fully saturated rings. The summed E-state index contributed by atoms with van der Waals surface area (Å²) in [6.07, 6.45) is 0.335. The first-order chi connectivity index (χ1) is 9.79. The van der Waals surface area contributed by atoms with Crippen LogP contribution >= 0.6 is 15.9 Å². The van der Waals surface area contributed by atoms with Gasteiger partial charge in [-0.2, -0.15) is 0 Å². The maximum absolute atomic E-state index is 12.9. The van der Waals surface area contributed by atoms with Crippen molar-refractivity contribution in [3.8, 4) is 5.75 Å². The molecule has 1 aromatic carbocycles. The summed E-state index contributed by atoms with van der Waals surface area (Å²) < 4.78 is 18.5. The number of rotatable bonds is 7. The van der Waals surface area contributed by atoms with Gasteiger partial charge in [-0.25, -0.2) is 9.18 Å². The molecule has 0 aliphatic heterocycles. The molecule has 1 unspecified atom stereocenters. The number of aliphatic carboxylic acids is 1. The van der Waals surface area contributed by atoms with Crippen LogP contribution < -0.4 is 10.1 Å². The molecule has 0 heterocycles. The van der Waals surface area contributed by atoms with Crippen molar-refractivity contribution in [2.75, 3.05) is 6.61 Å². The van der Waals surface area contributed by atoms with Gasteiger partial charge in [0, 0.05) is 0 Å². The number of ether oxygens (including phenoxy) is 1. The van der Waals surface area contributed by atoms with Gasteiger partial charge in [-0.3, -0.25) is 4.79 Å². The topological polar surface area (TPSA) is 75.6 Å². The second-order valence-corrected chi connectivity index (χ2v) is 5.81. The lowest BCUT2D eigenvalue weighted by atomic mass is 10.0. The number of nitrogens with one attached hydrogen (secondary N) is 1. The van der Waals surface area contributed by atoms with Crippen molar-refractivity contribution in [2.24, 2.45) is 5.92 Å². The van der Waals surface area contributed by atoms with Crippen LogP contribution in [0, 0.1) is 11.7 Å². The van der Waals surface area contributed by atoms with Crippen LogP contribution in [0.4, 0.5) is 4.39 Å². The molecule has 0 saturated carbocycles. The van der Waals surface area contributed by atoms with Crippen LogP contribution in [0.2, 0.25) is 0 Å². The molecular formula is C14H17BrFNO4. The van der Waals surface area contributed by atoms with Gasteiger partial charge >= 0.3 is 5.97 Å². The fourth-order valence-corrected chi connectivity index (χ4v) is 2.13. The van der Waals surface area contributed by atoms with Gasteiger partial charge in [0.05, 0.1) is 4.47 Å². The second kappa shape index (κ2) is 7.97. The molecule has 2 N–H and O–H groups in total. The first kappa shape index (κ1) is 17.4. The highest BCUT2D eigenvalue weighted by Crippen LogP contribution is 2.25. The van der Waals surface area contributed by atoms with E-state index in [-0.39, 0.29) is 12.5 Å². The number of hydrogen-bond donors (Lipinski definition) is 2. The number of halogens is 2. The predicted octanol–water partition coefficient (Wildman–Crippen LogP) is 2.58. The summed E-state index contributed by atoms with van der Waals surface area (Å²) in [6.45, 7) is 3.40. The maximum atomic E-state index is 12.9. The van der Waals surface area contributed by atoms with Crippen molar-refractivity contribution in [1.29, 1.82) is 0 Å². The Morgan fingerprint density at radius 3 is 2.62 bits per heavy atom. The van der Waals surface area contributed by atoms with Gasteiger partial charge in [0.1, 0.15) is 17.6 Å². The molecule has 0 aliphatic rings. The van der Waals surface area contributed by atoms with E-state index >= 15 is 0 Å². The van der Waals surface area contributed by atoms with Crippen LogP contribution in [0.1, 0.15) is 20.3 Å². The Hall–Kier alpha value is -1.63. The largest absolute Gasteiger partial charge is 0.483 e. The Labute approximate surface area is 130 Å². The predicted molar refractivity (Wildman–Crippen MR) is 78.6 cm³/mol. The second-order valence-electron chi connectivity index (χ2n) is 4.95. The van der Waals surface area contributed by atoms with Gasteiger partial charge in [-0.05, 0) is 46.5 Å². The van der Waals surface area contributed by atoms with Crippen LogP contribution in [0.3, 0.4) is 0 Å². The summed E-state index contributed by atoms with van der Waals surface area (Å²) >= 11 is 3.11. The van der Waals surface area contributed by atoms with Crippen molar-refractivity contribution in [3.05, 3.63) is 28.5 Å². The Kier molecular flexibility index (Phi) is 6.61. The van der Waals surface area contributed by atoms with Crippen molar-refractivity contribution in [3.63, 3.8) is 0 Å². The van der Waals surface area contributed by atoms with E-state index in [0.29, 0.717) is 16.6 Å². The number of carboxylic acid groups (broad SMARTS) is 1. The molecule has 7 heteroatoms. The minimum absolute atomic E-state index is 0.138. The maximum Gasteiger partial charge on any atom is 0.326 e. The van der Waals surface area contributed by atoms with Gasteiger partial charge in [0.2, 0.25) is 0 Å². The SMILES string of the molecule is CC(C)CC(NC(=O)COc1ccc(F)cc1Br)C(=O)O. The van der Waals surface area contributed by atoms with E-state index < -0.39 is 23.7 Å². The van der Waals surface area contributed by atoms with E-state index in [0.717, 1.165) is 0 Å². The van der Waals surface area contributed by atoms with Crippen LogP contribution in [0.25, 0.3) is 0 Å². The van der Waals surface area contributed by atoms with E-state index in [1.165, 1.54) is 18.2 Å². The Morgan fingerprint density at radius 1 is 1.43 bits per heavy atom. The number of hydrogen-bond acceptors (Lipinski definition) is 3. The summed E-state index contributed by atoms with van der Waals surface area (Å²) in [5.41, 5.74) is 0. The summed E-state index contributed by atoms with van der Waals surface area (Å²) in [6, 6.07) is 2.86. The minimum Gasteiger partial charge on any atom is -0.483 e. The van der Waals surface area contributed by atoms with Gasteiger partial charge in [0.25, 0.3) is 5.91 Å². The third kappa shape index (κ3) is 6.12. The van der Waals surface area contributed by atoms with E-state index in [1.807, 2.05) is 13.8 Å². The molecule has 0 bridgehead atoms. The lowest BCUT2D eigenvalue weighted by Gasteiger charge is -2.16. The number of benzene rings is 1. The summed E-state index contributed by atoms with van der Waals surface area (Å²) in [7, 11) is 0. The lowest BCUT2D eigenvalue weighted by molar-refractivity contribution is -0.142. The van der Waals surface area contributed by atoms with Crippen LogP contribution in [0.5, 0.6) is 5.75 Å². The molecule has 1 atom stereocenters. The minimum atomic E-state index is -1.08. The van der Waals surface area contributed by atoms with E-state index in [9.17, 15) is 14.0 Å². The molecule has 1 aromatic rings. The number of carbonyl (C=O) groups excluding carboxylic acids is 1. The van der Waals surface area contributed by atoms with Gasteiger partial charge < -0.3 is 15.2 Å². The molecule has 0 aromatic heterocycles. The molecule has 1 rings (SSSR count). The fraction of sp³-hybridized carbons (Fsp3) is 0.429. The average Bonchev–Trinajstić information content (AvgIpc) is 2.36. The van der Waals surface area contributed by atoms with Gasteiger partial charge in [0.15, 0.2) is 6.61 Å². The van der Waals surface area contributed by atoms with Crippen molar-refractivity contribution < 1.29 is 23.8 Å². The van der Waals surface area contributed by atoms with E-state index in [4.69, 9.17) is 9.84 Å². The molecule has 116 valence electrons. The Bertz CT molecular complexity index is 522. The molecule has 1 amide bonds. The molecule has 21 heavy (non-hydrogen) atoms. The Balaban J connectivity index is 2.54. The summed E-state index contributed by atoms with van der Waals surface area (Å²) in [5.74, 6) is -1.61.